The fourth-order valence-corrected chi connectivity index (χ4v) is 1.63. The molecule has 0 saturated carbocycles. The quantitative estimate of drug-likeness (QED) is 0.757. The van der Waals surface area contributed by atoms with Gasteiger partial charge in [-0.3, -0.25) is 0 Å². The fraction of sp³-hybridized carbons (Fsp3) is 0.273. The van der Waals surface area contributed by atoms with E-state index in [4.69, 9.17) is 4.74 Å². The van der Waals surface area contributed by atoms with Gasteiger partial charge in [-0.15, -0.1) is 0 Å². The lowest BCUT2D eigenvalue weighted by atomic mass is 10.0. The lowest BCUT2D eigenvalue weighted by molar-refractivity contribution is -0.144. The van der Waals surface area contributed by atoms with Crippen LogP contribution in [0.4, 0.5) is 4.79 Å². The van der Waals surface area contributed by atoms with E-state index in [2.05, 4.69) is 10.1 Å². The summed E-state index contributed by atoms with van der Waals surface area (Å²) >= 11 is 0. The van der Waals surface area contributed by atoms with Gasteiger partial charge < -0.3 is 14.8 Å². The Labute approximate surface area is 92.4 Å². The van der Waals surface area contributed by atoms with Crippen LogP contribution >= 0.6 is 0 Å². The maximum Gasteiger partial charge on any atom is 0.408 e. The van der Waals surface area contributed by atoms with Gasteiger partial charge in [-0.2, -0.15) is 0 Å². The van der Waals surface area contributed by atoms with Gasteiger partial charge in [-0.05, 0) is 5.56 Å². The maximum atomic E-state index is 11.4. The van der Waals surface area contributed by atoms with Crippen molar-refractivity contribution in [1.29, 1.82) is 0 Å². The van der Waals surface area contributed by atoms with Crippen LogP contribution in [0.1, 0.15) is 11.7 Å². The normalized spacial score (nSPS) is 23.4. The second-order valence-corrected chi connectivity index (χ2v) is 3.38. The van der Waals surface area contributed by atoms with Crippen molar-refractivity contribution in [1.82, 2.24) is 5.32 Å². The third-order valence-corrected chi connectivity index (χ3v) is 2.39. The van der Waals surface area contributed by atoms with Gasteiger partial charge >= 0.3 is 12.1 Å². The third-order valence-electron chi connectivity index (χ3n) is 2.39. The van der Waals surface area contributed by atoms with Crippen molar-refractivity contribution in [3.8, 4) is 0 Å². The van der Waals surface area contributed by atoms with Crippen LogP contribution in [0.2, 0.25) is 0 Å². The van der Waals surface area contributed by atoms with E-state index in [-0.39, 0.29) is 0 Å². The molecule has 2 atom stereocenters. The van der Waals surface area contributed by atoms with Crippen LogP contribution in [0.25, 0.3) is 0 Å². The van der Waals surface area contributed by atoms with E-state index in [9.17, 15) is 9.59 Å². The summed E-state index contributed by atoms with van der Waals surface area (Å²) in [5, 5.41) is 2.42. The average Bonchev–Trinajstić information content (AvgIpc) is 2.71. The van der Waals surface area contributed by atoms with Gasteiger partial charge in [0.25, 0.3) is 0 Å². The molecule has 2 rings (SSSR count). The van der Waals surface area contributed by atoms with Gasteiger partial charge in [0.2, 0.25) is 0 Å². The standard InChI is InChI=1S/C11H11NO4/c1-15-10(13)8-9(16-11(14)12-8)7-5-3-2-4-6-7/h2-6,8-9H,1H3,(H,12,14)/t8-,9+/m0/s1. The van der Waals surface area contributed by atoms with Gasteiger partial charge in [0.15, 0.2) is 12.1 Å². The van der Waals surface area contributed by atoms with Crippen LogP contribution < -0.4 is 5.32 Å². The molecule has 84 valence electrons. The molecule has 0 spiro atoms. The molecule has 1 aliphatic heterocycles. The smallest absolute Gasteiger partial charge is 0.408 e. The highest BCUT2D eigenvalue weighted by molar-refractivity contribution is 5.85. The van der Waals surface area contributed by atoms with Crippen molar-refractivity contribution in [2.24, 2.45) is 0 Å². The number of carbonyl (C=O) groups is 2. The van der Waals surface area contributed by atoms with Crippen molar-refractivity contribution in [2.75, 3.05) is 7.11 Å². The number of ether oxygens (including phenoxy) is 2. The second kappa shape index (κ2) is 4.22. The molecule has 0 aliphatic carbocycles. The molecule has 1 saturated heterocycles. The van der Waals surface area contributed by atoms with Crippen molar-refractivity contribution in [3.63, 3.8) is 0 Å². The lowest BCUT2D eigenvalue weighted by Gasteiger charge is -2.14. The number of nitrogens with one attached hydrogen (secondary N) is 1. The monoisotopic (exact) mass is 221 g/mol. The Morgan fingerprint density at radius 1 is 1.38 bits per heavy atom. The number of benzene rings is 1. The maximum absolute atomic E-state index is 11.4. The number of amides is 1. The summed E-state index contributed by atoms with van der Waals surface area (Å²) in [4.78, 5) is 22.5. The van der Waals surface area contributed by atoms with Crippen LogP contribution in [0, 0.1) is 0 Å². The van der Waals surface area contributed by atoms with Gasteiger partial charge in [0.1, 0.15) is 0 Å². The van der Waals surface area contributed by atoms with Crippen LogP contribution in [0.5, 0.6) is 0 Å². The molecule has 16 heavy (non-hydrogen) atoms. The zero-order chi connectivity index (χ0) is 11.5. The zero-order valence-corrected chi connectivity index (χ0v) is 8.67. The molecule has 0 unspecified atom stereocenters. The SMILES string of the molecule is COC(=O)[C@H]1NC(=O)O[C@@H]1c1ccccc1. The van der Waals surface area contributed by atoms with Crippen LogP contribution in [-0.2, 0) is 14.3 Å². The summed E-state index contributed by atoms with van der Waals surface area (Å²) in [6.07, 6.45) is -1.23. The number of carbonyl (C=O) groups excluding carboxylic acids is 2. The van der Waals surface area contributed by atoms with Crippen LogP contribution in [0.15, 0.2) is 30.3 Å². The van der Waals surface area contributed by atoms with E-state index in [0.29, 0.717) is 0 Å². The summed E-state index contributed by atoms with van der Waals surface area (Å²) in [5.74, 6) is -0.514. The minimum Gasteiger partial charge on any atom is -0.467 e. The molecule has 5 nitrogen and oxygen atoms in total. The first-order valence-corrected chi connectivity index (χ1v) is 4.82. The van der Waals surface area contributed by atoms with E-state index in [1.54, 1.807) is 12.1 Å². The van der Waals surface area contributed by atoms with Crippen molar-refractivity contribution in [2.45, 2.75) is 12.1 Å². The number of hydrogen-bond donors (Lipinski definition) is 1. The first-order valence-electron chi connectivity index (χ1n) is 4.82. The molecule has 1 heterocycles. The first-order chi connectivity index (χ1) is 7.72. The number of methoxy groups -OCH3 is 1. The summed E-state index contributed by atoms with van der Waals surface area (Å²) in [7, 11) is 1.27. The topological polar surface area (TPSA) is 64.6 Å². The zero-order valence-electron chi connectivity index (χ0n) is 8.67. The predicted molar refractivity (Wildman–Crippen MR) is 54.6 cm³/mol. The summed E-state index contributed by atoms with van der Waals surface area (Å²) in [6.45, 7) is 0. The molecule has 0 bridgehead atoms. The molecule has 1 aromatic carbocycles. The molecule has 1 amide bonds. The van der Waals surface area contributed by atoms with Crippen molar-refractivity contribution < 1.29 is 19.1 Å². The van der Waals surface area contributed by atoms with Gasteiger partial charge in [-0.1, -0.05) is 30.3 Å². The van der Waals surface area contributed by atoms with Crippen LogP contribution in [0.3, 0.4) is 0 Å². The summed E-state index contributed by atoms with van der Waals surface area (Å²) < 4.78 is 9.63. The van der Waals surface area contributed by atoms with E-state index in [1.807, 2.05) is 18.2 Å². The van der Waals surface area contributed by atoms with Gasteiger partial charge in [0.05, 0.1) is 7.11 Å². The highest BCUT2D eigenvalue weighted by Gasteiger charge is 2.40. The van der Waals surface area contributed by atoms with Crippen molar-refractivity contribution in [3.05, 3.63) is 35.9 Å². The third kappa shape index (κ3) is 1.84. The number of rotatable bonds is 2. The first kappa shape index (κ1) is 10.5. The number of alkyl carbamates (subject to hydrolysis) is 1. The second-order valence-electron chi connectivity index (χ2n) is 3.38. The minimum atomic E-state index is -0.778. The Morgan fingerprint density at radius 2 is 2.06 bits per heavy atom. The molecular formula is C11H11NO4. The predicted octanol–water partition coefficient (Wildman–Crippen LogP) is 1.01. The molecule has 1 aromatic rings. The van der Waals surface area contributed by atoms with Gasteiger partial charge in [-0.25, -0.2) is 9.59 Å². The molecule has 1 aliphatic rings. The van der Waals surface area contributed by atoms with Crippen molar-refractivity contribution >= 4 is 12.1 Å². The summed E-state index contributed by atoms with van der Waals surface area (Å²) in [6, 6.07) is 8.29. The molecule has 0 aromatic heterocycles. The Kier molecular flexibility index (Phi) is 2.76. The van der Waals surface area contributed by atoms with E-state index in [1.165, 1.54) is 7.11 Å². The highest BCUT2D eigenvalue weighted by Crippen LogP contribution is 2.26. The molecular weight excluding hydrogens is 210 g/mol. The Hall–Kier alpha value is -2.04. The van der Waals surface area contributed by atoms with Crippen LogP contribution in [-0.4, -0.2) is 25.2 Å². The molecule has 1 fully saturated rings. The molecule has 5 heteroatoms. The molecule has 0 radical (unpaired) electrons. The minimum absolute atomic E-state index is 0.514. The number of esters is 1. The average molecular weight is 221 g/mol. The largest absolute Gasteiger partial charge is 0.467 e. The van der Waals surface area contributed by atoms with E-state index in [0.717, 1.165) is 5.56 Å². The highest BCUT2D eigenvalue weighted by atomic mass is 16.6. The lowest BCUT2D eigenvalue weighted by Crippen LogP contribution is -2.36. The molecule has 1 N–H and O–H groups in total. The fourth-order valence-electron chi connectivity index (χ4n) is 1.63. The number of hydrogen-bond acceptors (Lipinski definition) is 4. The Bertz CT molecular complexity index is 404. The number of cyclic esters (lactones) is 1. The van der Waals surface area contributed by atoms with Gasteiger partial charge in [0, 0.05) is 0 Å². The van der Waals surface area contributed by atoms with E-state index >= 15 is 0 Å². The Morgan fingerprint density at radius 3 is 2.69 bits per heavy atom. The van der Waals surface area contributed by atoms with E-state index < -0.39 is 24.2 Å². The Balaban J connectivity index is 2.26. The summed E-state index contributed by atoms with van der Waals surface area (Å²) in [5.41, 5.74) is 0.760.